The summed E-state index contributed by atoms with van der Waals surface area (Å²) in [6, 6.07) is 23.6. The van der Waals surface area contributed by atoms with Crippen LogP contribution in [0.3, 0.4) is 0 Å². The second kappa shape index (κ2) is 13.9. The molecule has 0 spiro atoms. The van der Waals surface area contributed by atoms with E-state index in [0.29, 0.717) is 36.9 Å². The molecule has 4 rings (SSSR count). The van der Waals surface area contributed by atoms with Crippen LogP contribution < -0.4 is 4.74 Å². The maximum Gasteiger partial charge on any atom is 0.306 e. The van der Waals surface area contributed by atoms with Crippen LogP contribution in [-0.2, 0) is 29.0 Å². The van der Waals surface area contributed by atoms with E-state index in [2.05, 4.69) is 48.7 Å². The Hall–Kier alpha value is -3.51. The third-order valence-electron chi connectivity index (χ3n) is 6.46. The van der Waals surface area contributed by atoms with Crippen molar-refractivity contribution in [1.82, 2.24) is 4.98 Å². The van der Waals surface area contributed by atoms with Gasteiger partial charge in [-0.05, 0) is 48.4 Å². The number of benzene rings is 3. The Morgan fingerprint density at radius 2 is 1.82 bits per heavy atom. The molecule has 3 aromatic carbocycles. The summed E-state index contributed by atoms with van der Waals surface area (Å²) in [7, 11) is 0. The Bertz CT molecular complexity index is 1300. The lowest BCUT2D eigenvalue weighted by Crippen LogP contribution is -2.06. The summed E-state index contributed by atoms with van der Waals surface area (Å²) in [6.45, 7) is 4.66. The van der Waals surface area contributed by atoms with Crippen molar-refractivity contribution in [3.05, 3.63) is 106 Å². The van der Waals surface area contributed by atoms with Crippen molar-refractivity contribution in [1.29, 1.82) is 0 Å². The smallest absolute Gasteiger partial charge is 0.306 e. The molecule has 0 aliphatic heterocycles. The summed E-state index contributed by atoms with van der Waals surface area (Å²) < 4.78 is 25.2. The van der Waals surface area contributed by atoms with Crippen LogP contribution in [0.2, 0.25) is 0 Å². The molecule has 0 aliphatic rings. The van der Waals surface area contributed by atoms with E-state index in [4.69, 9.17) is 14.5 Å². The van der Waals surface area contributed by atoms with Gasteiger partial charge in [0.25, 0.3) is 0 Å². The van der Waals surface area contributed by atoms with E-state index in [-0.39, 0.29) is 18.2 Å². The zero-order valence-corrected chi connectivity index (χ0v) is 22.8. The van der Waals surface area contributed by atoms with Crippen LogP contribution >= 0.6 is 11.3 Å². The Balaban J connectivity index is 1.33. The number of halogens is 1. The number of rotatable bonds is 13. The van der Waals surface area contributed by atoms with E-state index in [1.807, 2.05) is 18.2 Å². The van der Waals surface area contributed by atoms with Gasteiger partial charge in [-0.3, -0.25) is 4.79 Å². The van der Waals surface area contributed by atoms with E-state index in [9.17, 15) is 9.18 Å². The maximum absolute atomic E-state index is 14.5. The van der Waals surface area contributed by atoms with E-state index >= 15 is 0 Å². The number of ether oxygens (including phenoxy) is 2. The summed E-state index contributed by atoms with van der Waals surface area (Å²) in [5.74, 6) is 0.178. The van der Waals surface area contributed by atoms with Crippen LogP contribution in [0.5, 0.6) is 5.75 Å². The summed E-state index contributed by atoms with van der Waals surface area (Å²) in [5.41, 5.74) is 4.99. The average Bonchev–Trinajstić information content (AvgIpc) is 3.41. The largest absolute Gasteiger partial charge is 0.489 e. The minimum absolute atomic E-state index is 0.160. The lowest BCUT2D eigenvalue weighted by atomic mass is 9.91. The first-order chi connectivity index (χ1) is 18.6. The third kappa shape index (κ3) is 7.75. The number of hydrogen-bond donors (Lipinski definition) is 0. The highest BCUT2D eigenvalue weighted by Crippen LogP contribution is 2.30. The maximum atomic E-state index is 14.5. The molecule has 198 valence electrons. The van der Waals surface area contributed by atoms with E-state index in [0.717, 1.165) is 41.1 Å². The molecule has 6 heteroatoms. The molecule has 1 aromatic heterocycles. The van der Waals surface area contributed by atoms with Gasteiger partial charge in [0, 0.05) is 29.9 Å². The lowest BCUT2D eigenvalue weighted by molar-refractivity contribution is -0.143. The van der Waals surface area contributed by atoms with Crippen molar-refractivity contribution in [3.8, 4) is 17.0 Å². The quantitative estimate of drug-likeness (QED) is 0.163. The van der Waals surface area contributed by atoms with Gasteiger partial charge >= 0.3 is 5.97 Å². The first-order valence-corrected chi connectivity index (χ1v) is 14.1. The van der Waals surface area contributed by atoms with Gasteiger partial charge in [-0.2, -0.15) is 0 Å². The second-order valence-electron chi connectivity index (χ2n) is 9.27. The molecule has 0 radical (unpaired) electrons. The molecule has 0 N–H and O–H groups in total. The van der Waals surface area contributed by atoms with Crippen LogP contribution in [0.1, 0.15) is 60.7 Å². The molecule has 0 saturated heterocycles. The molecular weight excluding hydrogens is 497 g/mol. The number of aromatic nitrogens is 1. The molecule has 4 aromatic rings. The Morgan fingerprint density at radius 3 is 2.53 bits per heavy atom. The van der Waals surface area contributed by atoms with Crippen molar-refractivity contribution in [3.63, 3.8) is 0 Å². The van der Waals surface area contributed by atoms with Gasteiger partial charge < -0.3 is 9.47 Å². The minimum atomic E-state index is -0.373. The van der Waals surface area contributed by atoms with Gasteiger partial charge in [-0.1, -0.05) is 74.0 Å². The van der Waals surface area contributed by atoms with Crippen molar-refractivity contribution in [2.75, 3.05) is 6.61 Å². The van der Waals surface area contributed by atoms with Gasteiger partial charge in [0.15, 0.2) is 0 Å². The fourth-order valence-electron chi connectivity index (χ4n) is 4.44. The van der Waals surface area contributed by atoms with Crippen molar-refractivity contribution >= 4 is 17.3 Å². The Kier molecular flexibility index (Phi) is 10.0. The first kappa shape index (κ1) is 27.5. The standard InChI is InChI=1S/C32H34FNO3S/c1-3-8-27(19-31-34-30(22-38-31)26-9-6-5-7-10-26)24-13-11-23(12-14-24)21-37-28-17-15-25(29(33)20-28)16-18-32(35)36-4-2/h5-7,9-15,17,20,22,27H,3-4,8,16,18-19,21H2,1-2H3. The molecule has 4 nitrogen and oxygen atoms in total. The predicted molar refractivity (Wildman–Crippen MR) is 151 cm³/mol. The summed E-state index contributed by atoms with van der Waals surface area (Å²) in [4.78, 5) is 16.4. The highest BCUT2D eigenvalue weighted by molar-refractivity contribution is 7.09. The van der Waals surface area contributed by atoms with Gasteiger partial charge in [-0.15, -0.1) is 11.3 Å². The van der Waals surface area contributed by atoms with Gasteiger partial charge in [0.05, 0.1) is 17.3 Å². The highest BCUT2D eigenvalue weighted by Gasteiger charge is 2.15. The first-order valence-electron chi connectivity index (χ1n) is 13.2. The number of thiazole rings is 1. The SMILES string of the molecule is CCCC(Cc1nc(-c2ccccc2)cs1)c1ccc(COc2ccc(CCC(=O)OCC)c(F)c2)cc1. The number of esters is 1. The summed E-state index contributed by atoms with van der Waals surface area (Å²) in [5, 5.41) is 3.30. The molecule has 38 heavy (non-hydrogen) atoms. The molecule has 1 atom stereocenters. The fourth-order valence-corrected chi connectivity index (χ4v) is 5.32. The number of carbonyl (C=O) groups excluding carboxylic acids is 1. The topological polar surface area (TPSA) is 48.4 Å². The molecule has 1 heterocycles. The van der Waals surface area contributed by atoms with Gasteiger partial charge in [-0.25, -0.2) is 9.37 Å². The van der Waals surface area contributed by atoms with Crippen LogP contribution in [0, 0.1) is 5.82 Å². The molecule has 0 saturated carbocycles. The number of aryl methyl sites for hydroxylation is 1. The lowest BCUT2D eigenvalue weighted by Gasteiger charge is -2.16. The molecule has 0 amide bonds. The molecule has 0 fully saturated rings. The summed E-state index contributed by atoms with van der Waals surface area (Å²) in [6.07, 6.45) is 3.58. The number of nitrogens with zero attached hydrogens (tertiary/aromatic N) is 1. The normalized spacial score (nSPS) is 11.8. The van der Waals surface area contributed by atoms with E-state index in [1.54, 1.807) is 30.4 Å². The zero-order chi connectivity index (χ0) is 26.7. The van der Waals surface area contributed by atoms with Crippen molar-refractivity contribution < 1.29 is 18.7 Å². The van der Waals surface area contributed by atoms with Crippen molar-refractivity contribution in [2.45, 2.75) is 58.5 Å². The van der Waals surface area contributed by atoms with Crippen LogP contribution in [0.25, 0.3) is 11.3 Å². The van der Waals surface area contributed by atoms with Crippen LogP contribution in [0.15, 0.2) is 78.2 Å². The zero-order valence-electron chi connectivity index (χ0n) is 22.0. The monoisotopic (exact) mass is 531 g/mol. The average molecular weight is 532 g/mol. The highest BCUT2D eigenvalue weighted by atomic mass is 32.1. The molecule has 0 aliphatic carbocycles. The van der Waals surface area contributed by atoms with E-state index in [1.165, 1.54) is 11.6 Å². The van der Waals surface area contributed by atoms with Crippen LogP contribution in [-0.4, -0.2) is 17.6 Å². The van der Waals surface area contributed by atoms with Crippen molar-refractivity contribution in [2.24, 2.45) is 0 Å². The predicted octanol–water partition coefficient (Wildman–Crippen LogP) is 8.15. The third-order valence-corrected chi connectivity index (χ3v) is 7.34. The van der Waals surface area contributed by atoms with Gasteiger partial charge in [0.2, 0.25) is 0 Å². The molecule has 1 unspecified atom stereocenters. The molecular formula is C32H34FNO3S. The Labute approximate surface area is 228 Å². The number of hydrogen-bond acceptors (Lipinski definition) is 5. The van der Waals surface area contributed by atoms with E-state index < -0.39 is 0 Å². The second-order valence-corrected chi connectivity index (χ2v) is 10.2. The molecule has 0 bridgehead atoms. The minimum Gasteiger partial charge on any atom is -0.489 e. The summed E-state index contributed by atoms with van der Waals surface area (Å²) >= 11 is 1.73. The fraction of sp³-hybridized carbons (Fsp3) is 0.312. The van der Waals surface area contributed by atoms with Crippen LogP contribution in [0.4, 0.5) is 4.39 Å². The Morgan fingerprint density at radius 1 is 1.03 bits per heavy atom. The van der Waals surface area contributed by atoms with Gasteiger partial charge in [0.1, 0.15) is 18.2 Å². The number of carbonyl (C=O) groups is 1.